The number of thiazole rings is 1. The molecule has 0 saturated carbocycles. The zero-order valence-electron chi connectivity index (χ0n) is 12.7. The van der Waals surface area contributed by atoms with Crippen molar-refractivity contribution in [3.8, 4) is 0 Å². The van der Waals surface area contributed by atoms with Crippen molar-refractivity contribution >= 4 is 34.8 Å². The van der Waals surface area contributed by atoms with Crippen LogP contribution in [0.2, 0.25) is 0 Å². The molecule has 2 atom stereocenters. The lowest BCUT2D eigenvalue weighted by Gasteiger charge is -2.27. The topological polar surface area (TPSA) is 62.5 Å². The summed E-state index contributed by atoms with van der Waals surface area (Å²) in [6.07, 6.45) is 3.73. The molecule has 1 amide bonds. The van der Waals surface area contributed by atoms with Gasteiger partial charge in [0.05, 0.1) is 6.04 Å². The van der Waals surface area contributed by atoms with Crippen LogP contribution in [0.15, 0.2) is 11.6 Å². The Morgan fingerprint density at radius 2 is 2.19 bits per heavy atom. The van der Waals surface area contributed by atoms with E-state index in [-0.39, 0.29) is 30.3 Å². The Bertz CT molecular complexity index is 429. The van der Waals surface area contributed by atoms with Crippen LogP contribution in [-0.4, -0.2) is 48.0 Å². The lowest BCUT2D eigenvalue weighted by molar-refractivity contribution is -0.133. The van der Waals surface area contributed by atoms with Crippen molar-refractivity contribution in [3.05, 3.63) is 11.6 Å². The minimum atomic E-state index is -0.369. The smallest absolute Gasteiger partial charge is 0.239 e. The highest BCUT2D eigenvalue weighted by molar-refractivity contribution is 7.13. The molecular weight excluding hydrogens is 308 g/mol. The fraction of sp³-hybridized carbons (Fsp3) is 0.714. The second-order valence-electron chi connectivity index (χ2n) is 5.39. The van der Waals surface area contributed by atoms with Gasteiger partial charge in [-0.2, -0.15) is 0 Å². The van der Waals surface area contributed by atoms with E-state index in [0.717, 1.165) is 44.2 Å². The van der Waals surface area contributed by atoms with Crippen molar-refractivity contribution in [2.75, 3.05) is 31.1 Å². The van der Waals surface area contributed by atoms with Crippen LogP contribution in [0.3, 0.4) is 0 Å². The molecule has 0 spiro atoms. The van der Waals surface area contributed by atoms with Gasteiger partial charge in [0.25, 0.3) is 0 Å². The Balaban J connectivity index is 0.00000220. The van der Waals surface area contributed by atoms with Crippen LogP contribution in [0.25, 0.3) is 0 Å². The third-order valence-electron chi connectivity index (χ3n) is 4.04. The summed E-state index contributed by atoms with van der Waals surface area (Å²) >= 11 is 1.65. The van der Waals surface area contributed by atoms with Crippen molar-refractivity contribution in [3.63, 3.8) is 0 Å². The van der Waals surface area contributed by atoms with Crippen LogP contribution in [0.1, 0.15) is 26.7 Å². The van der Waals surface area contributed by atoms with Gasteiger partial charge >= 0.3 is 0 Å². The standard InChI is InChI=1S/C14H24N4OS.ClH/c1-3-11(2)12(15)13(19)17-6-4-7-18(9-8-17)14-16-5-10-20-14;/h5,10-12H,3-4,6-9,15H2,1-2H3;1H. The highest BCUT2D eigenvalue weighted by Crippen LogP contribution is 2.19. The van der Waals surface area contributed by atoms with Crippen molar-refractivity contribution in [1.29, 1.82) is 0 Å². The number of rotatable bonds is 4. The summed E-state index contributed by atoms with van der Waals surface area (Å²) in [6, 6.07) is -0.369. The first-order valence-electron chi connectivity index (χ1n) is 7.32. The Morgan fingerprint density at radius 3 is 2.81 bits per heavy atom. The number of hydrogen-bond donors (Lipinski definition) is 1. The summed E-state index contributed by atoms with van der Waals surface area (Å²) in [4.78, 5) is 20.9. The van der Waals surface area contributed by atoms with Crippen molar-refractivity contribution in [1.82, 2.24) is 9.88 Å². The summed E-state index contributed by atoms with van der Waals surface area (Å²) in [6.45, 7) is 7.45. The SMILES string of the molecule is CCC(C)C(N)C(=O)N1CCCN(c2nccs2)CC1.Cl. The van der Waals surface area contributed by atoms with E-state index in [1.165, 1.54) is 0 Å². The van der Waals surface area contributed by atoms with Crippen LogP contribution >= 0.6 is 23.7 Å². The van der Waals surface area contributed by atoms with Gasteiger partial charge < -0.3 is 15.5 Å². The van der Waals surface area contributed by atoms with Crippen molar-refractivity contribution in [2.45, 2.75) is 32.7 Å². The number of amides is 1. The van der Waals surface area contributed by atoms with E-state index in [9.17, 15) is 4.79 Å². The predicted octanol–water partition coefficient (Wildman–Crippen LogP) is 1.98. The molecule has 0 bridgehead atoms. The molecule has 5 nitrogen and oxygen atoms in total. The molecule has 1 aromatic heterocycles. The van der Waals surface area contributed by atoms with Crippen LogP contribution in [0.5, 0.6) is 0 Å². The number of aromatic nitrogens is 1. The zero-order valence-corrected chi connectivity index (χ0v) is 14.3. The maximum atomic E-state index is 12.4. The molecule has 0 radical (unpaired) electrons. The molecule has 0 aromatic carbocycles. The third kappa shape index (κ3) is 4.56. The normalized spacial score (nSPS) is 18.6. The first kappa shape index (κ1) is 18.2. The Kier molecular flexibility index (Phi) is 7.42. The number of nitrogens with two attached hydrogens (primary N) is 1. The number of halogens is 1. The predicted molar refractivity (Wildman–Crippen MR) is 90.2 cm³/mol. The van der Waals surface area contributed by atoms with Crippen LogP contribution in [0, 0.1) is 5.92 Å². The minimum absolute atomic E-state index is 0. The van der Waals surface area contributed by atoms with Gasteiger partial charge in [-0.25, -0.2) is 4.98 Å². The van der Waals surface area contributed by atoms with Gasteiger partial charge in [0.15, 0.2) is 5.13 Å². The van der Waals surface area contributed by atoms with E-state index < -0.39 is 0 Å². The van der Waals surface area contributed by atoms with Crippen LogP contribution in [-0.2, 0) is 4.79 Å². The lowest BCUT2D eigenvalue weighted by atomic mass is 9.99. The zero-order chi connectivity index (χ0) is 14.5. The number of hydrogen-bond acceptors (Lipinski definition) is 5. The monoisotopic (exact) mass is 332 g/mol. The molecule has 120 valence electrons. The third-order valence-corrected chi connectivity index (χ3v) is 4.87. The molecule has 1 saturated heterocycles. The molecule has 1 fully saturated rings. The highest BCUT2D eigenvalue weighted by Gasteiger charge is 2.26. The number of carbonyl (C=O) groups is 1. The fourth-order valence-electron chi connectivity index (χ4n) is 2.41. The Morgan fingerprint density at radius 1 is 1.43 bits per heavy atom. The van der Waals surface area contributed by atoms with E-state index in [1.54, 1.807) is 11.3 Å². The van der Waals surface area contributed by atoms with E-state index in [2.05, 4.69) is 16.8 Å². The van der Waals surface area contributed by atoms with E-state index >= 15 is 0 Å². The molecular formula is C14H25ClN4OS. The average molecular weight is 333 g/mol. The maximum Gasteiger partial charge on any atom is 0.239 e. The molecule has 0 aliphatic carbocycles. The van der Waals surface area contributed by atoms with E-state index in [1.807, 2.05) is 23.4 Å². The lowest BCUT2D eigenvalue weighted by Crippen LogP contribution is -2.48. The van der Waals surface area contributed by atoms with Gasteiger partial charge in [-0.15, -0.1) is 23.7 Å². The van der Waals surface area contributed by atoms with Gasteiger partial charge in [0, 0.05) is 37.8 Å². The van der Waals surface area contributed by atoms with Gasteiger partial charge in [-0.3, -0.25) is 4.79 Å². The molecule has 2 heterocycles. The highest BCUT2D eigenvalue weighted by atomic mass is 35.5. The summed E-state index contributed by atoms with van der Waals surface area (Å²) in [5.41, 5.74) is 6.07. The summed E-state index contributed by atoms with van der Waals surface area (Å²) in [5, 5.41) is 3.03. The number of anilines is 1. The first-order valence-corrected chi connectivity index (χ1v) is 8.20. The van der Waals surface area contributed by atoms with Crippen LogP contribution in [0.4, 0.5) is 5.13 Å². The van der Waals surface area contributed by atoms with Gasteiger partial charge in [0.2, 0.25) is 5.91 Å². The molecule has 2 unspecified atom stereocenters. The first-order chi connectivity index (χ1) is 9.63. The Labute approximate surface area is 136 Å². The van der Waals surface area contributed by atoms with E-state index in [4.69, 9.17) is 5.73 Å². The quantitative estimate of drug-likeness (QED) is 0.915. The molecule has 1 aliphatic rings. The maximum absolute atomic E-state index is 12.4. The molecule has 1 aromatic rings. The minimum Gasteiger partial charge on any atom is -0.346 e. The largest absolute Gasteiger partial charge is 0.346 e. The van der Waals surface area contributed by atoms with Gasteiger partial charge in [-0.1, -0.05) is 20.3 Å². The van der Waals surface area contributed by atoms with Crippen molar-refractivity contribution in [2.24, 2.45) is 11.7 Å². The van der Waals surface area contributed by atoms with Crippen LogP contribution < -0.4 is 10.6 Å². The average Bonchev–Trinajstić information content (AvgIpc) is 2.89. The summed E-state index contributed by atoms with van der Waals surface area (Å²) in [7, 11) is 0. The van der Waals surface area contributed by atoms with Crippen molar-refractivity contribution < 1.29 is 4.79 Å². The number of nitrogens with zero attached hydrogens (tertiary/aromatic N) is 3. The molecule has 7 heteroatoms. The molecule has 1 aliphatic heterocycles. The van der Waals surface area contributed by atoms with Gasteiger partial charge in [-0.05, 0) is 12.3 Å². The molecule has 21 heavy (non-hydrogen) atoms. The Hall–Kier alpha value is -0.850. The van der Waals surface area contributed by atoms with E-state index in [0.29, 0.717) is 0 Å². The fourth-order valence-corrected chi connectivity index (χ4v) is 3.11. The summed E-state index contributed by atoms with van der Waals surface area (Å²) in [5.74, 6) is 0.334. The second-order valence-corrected chi connectivity index (χ2v) is 6.26. The molecule has 2 rings (SSSR count). The second kappa shape index (κ2) is 8.56. The van der Waals surface area contributed by atoms with Gasteiger partial charge in [0.1, 0.15) is 0 Å². The summed E-state index contributed by atoms with van der Waals surface area (Å²) < 4.78 is 0. The number of carbonyl (C=O) groups excluding carboxylic acids is 1. The molecule has 2 N–H and O–H groups in total.